The summed E-state index contributed by atoms with van der Waals surface area (Å²) in [4.78, 5) is 19.6. The van der Waals surface area contributed by atoms with Crippen molar-refractivity contribution in [2.24, 2.45) is 0 Å². The Labute approximate surface area is 176 Å². The number of carbonyl (C=O) groups is 1. The fourth-order valence-electron chi connectivity index (χ4n) is 3.00. The number of thiazole rings is 1. The Morgan fingerprint density at radius 2 is 1.93 bits per heavy atom. The number of hydrogen-bond acceptors (Lipinski definition) is 4. The maximum Gasteiger partial charge on any atom is 0.266 e. The number of carbonyl (C=O) groups excluding carboxylic acids is 1. The number of para-hydroxylation sites is 1. The smallest absolute Gasteiger partial charge is 0.266 e. The Balaban J connectivity index is 1.90. The number of amides is 1. The second kappa shape index (κ2) is 7.81. The van der Waals surface area contributed by atoms with Gasteiger partial charge in [-0.25, -0.2) is 9.37 Å². The lowest BCUT2D eigenvalue weighted by molar-refractivity contribution is 0.0999. The molecule has 0 aliphatic carbocycles. The van der Waals surface area contributed by atoms with Gasteiger partial charge >= 0.3 is 0 Å². The Morgan fingerprint density at radius 3 is 2.66 bits per heavy atom. The van der Waals surface area contributed by atoms with Gasteiger partial charge < -0.3 is 4.74 Å². The molecule has 0 atom stereocenters. The van der Waals surface area contributed by atoms with Crippen LogP contribution in [0.5, 0.6) is 5.75 Å². The van der Waals surface area contributed by atoms with Gasteiger partial charge in [-0.05, 0) is 48.9 Å². The minimum absolute atomic E-state index is 0.0418. The van der Waals surface area contributed by atoms with E-state index < -0.39 is 11.7 Å². The first-order valence-electron chi connectivity index (χ1n) is 8.77. The van der Waals surface area contributed by atoms with Crippen molar-refractivity contribution < 1.29 is 13.9 Å². The molecule has 7 heteroatoms. The first-order valence-corrected chi connectivity index (χ1v) is 9.97. The molecule has 0 saturated carbocycles. The highest BCUT2D eigenvalue weighted by molar-refractivity contribution is 7.22. The molecule has 1 heterocycles. The molecule has 146 valence electrons. The zero-order valence-electron chi connectivity index (χ0n) is 15.6. The van der Waals surface area contributed by atoms with Gasteiger partial charge in [0.2, 0.25) is 0 Å². The van der Waals surface area contributed by atoms with E-state index in [1.54, 1.807) is 13.2 Å². The normalized spacial score (nSPS) is 10.9. The summed E-state index contributed by atoms with van der Waals surface area (Å²) >= 11 is 7.56. The first-order chi connectivity index (χ1) is 14.0. The maximum absolute atomic E-state index is 13.5. The topological polar surface area (TPSA) is 42.4 Å². The van der Waals surface area contributed by atoms with Crippen LogP contribution < -0.4 is 9.64 Å². The summed E-state index contributed by atoms with van der Waals surface area (Å²) in [6, 6.07) is 16.8. The zero-order chi connectivity index (χ0) is 20.5. The molecular weight excluding hydrogens is 411 g/mol. The third kappa shape index (κ3) is 3.69. The van der Waals surface area contributed by atoms with Gasteiger partial charge in [-0.1, -0.05) is 41.1 Å². The minimum Gasteiger partial charge on any atom is -0.496 e. The molecule has 4 aromatic rings. The zero-order valence-corrected chi connectivity index (χ0v) is 17.2. The van der Waals surface area contributed by atoms with E-state index in [9.17, 15) is 9.18 Å². The molecule has 0 bridgehead atoms. The molecule has 1 amide bonds. The Morgan fingerprint density at radius 1 is 1.14 bits per heavy atom. The lowest BCUT2D eigenvalue weighted by atomic mass is 10.1. The average molecular weight is 427 g/mol. The predicted octanol–water partition coefficient (Wildman–Crippen LogP) is 6.38. The van der Waals surface area contributed by atoms with Crippen LogP contribution in [0.2, 0.25) is 5.02 Å². The molecule has 1 aromatic heterocycles. The van der Waals surface area contributed by atoms with Crippen LogP contribution >= 0.6 is 22.9 Å². The monoisotopic (exact) mass is 426 g/mol. The number of nitrogens with zero attached hydrogens (tertiary/aromatic N) is 2. The quantitative estimate of drug-likeness (QED) is 0.380. The van der Waals surface area contributed by atoms with Gasteiger partial charge in [0, 0.05) is 6.07 Å². The third-order valence-electron chi connectivity index (χ3n) is 4.49. The van der Waals surface area contributed by atoms with E-state index in [1.165, 1.54) is 28.4 Å². The summed E-state index contributed by atoms with van der Waals surface area (Å²) in [5.41, 5.74) is 2.49. The number of hydrogen-bond donors (Lipinski definition) is 0. The van der Waals surface area contributed by atoms with E-state index in [0.29, 0.717) is 16.6 Å². The highest BCUT2D eigenvalue weighted by Gasteiger charge is 2.26. The highest BCUT2D eigenvalue weighted by atomic mass is 35.5. The fourth-order valence-corrected chi connectivity index (χ4v) is 4.23. The molecule has 0 aliphatic heterocycles. The predicted molar refractivity (Wildman–Crippen MR) is 115 cm³/mol. The number of benzene rings is 3. The molecular formula is C22H16ClFN2O2S. The van der Waals surface area contributed by atoms with Gasteiger partial charge in [0.05, 0.1) is 33.6 Å². The molecule has 0 spiro atoms. The SMILES string of the molecule is COc1cc(N(C(=O)c2ccc(F)cc2Cl)c2nc3ccccc3s2)ccc1C. The van der Waals surface area contributed by atoms with Gasteiger partial charge in [-0.15, -0.1) is 0 Å². The molecule has 0 radical (unpaired) electrons. The summed E-state index contributed by atoms with van der Waals surface area (Å²) < 4.78 is 19.9. The number of aromatic nitrogens is 1. The van der Waals surface area contributed by atoms with Gasteiger partial charge in [0.15, 0.2) is 5.13 Å². The van der Waals surface area contributed by atoms with Gasteiger partial charge in [0.1, 0.15) is 11.6 Å². The van der Waals surface area contributed by atoms with Gasteiger partial charge in [0.25, 0.3) is 5.91 Å². The molecule has 0 saturated heterocycles. The van der Waals surface area contributed by atoms with Crippen LogP contribution in [0.3, 0.4) is 0 Å². The van der Waals surface area contributed by atoms with Crippen molar-refractivity contribution in [2.45, 2.75) is 6.92 Å². The maximum atomic E-state index is 13.5. The third-order valence-corrected chi connectivity index (χ3v) is 5.82. The molecule has 0 unspecified atom stereocenters. The van der Waals surface area contributed by atoms with Crippen molar-refractivity contribution in [2.75, 3.05) is 12.0 Å². The molecule has 4 nitrogen and oxygen atoms in total. The number of methoxy groups -OCH3 is 1. The van der Waals surface area contributed by atoms with E-state index in [2.05, 4.69) is 4.98 Å². The summed E-state index contributed by atoms with van der Waals surface area (Å²) in [7, 11) is 1.58. The van der Waals surface area contributed by atoms with E-state index in [1.807, 2.05) is 43.3 Å². The molecule has 3 aromatic carbocycles. The van der Waals surface area contributed by atoms with Crippen LogP contribution in [-0.4, -0.2) is 18.0 Å². The van der Waals surface area contributed by atoms with Crippen LogP contribution in [-0.2, 0) is 0 Å². The van der Waals surface area contributed by atoms with Crippen molar-refractivity contribution in [1.82, 2.24) is 4.98 Å². The summed E-state index contributed by atoms with van der Waals surface area (Å²) in [6.07, 6.45) is 0. The lowest BCUT2D eigenvalue weighted by Gasteiger charge is -2.21. The minimum atomic E-state index is -0.505. The van der Waals surface area contributed by atoms with E-state index in [-0.39, 0.29) is 10.6 Å². The van der Waals surface area contributed by atoms with Gasteiger partial charge in [-0.3, -0.25) is 9.69 Å². The number of anilines is 2. The van der Waals surface area contributed by atoms with Crippen molar-refractivity contribution in [1.29, 1.82) is 0 Å². The van der Waals surface area contributed by atoms with Crippen molar-refractivity contribution in [3.05, 3.63) is 82.6 Å². The fraction of sp³-hybridized carbons (Fsp3) is 0.0909. The molecule has 0 fully saturated rings. The van der Waals surface area contributed by atoms with E-state index >= 15 is 0 Å². The summed E-state index contributed by atoms with van der Waals surface area (Å²) in [5, 5.41) is 0.530. The van der Waals surface area contributed by atoms with Crippen LogP contribution in [0, 0.1) is 12.7 Å². The van der Waals surface area contributed by atoms with Crippen molar-refractivity contribution in [3.63, 3.8) is 0 Å². The number of halogens is 2. The largest absolute Gasteiger partial charge is 0.496 e. The van der Waals surface area contributed by atoms with Crippen molar-refractivity contribution >= 4 is 49.9 Å². The molecule has 4 rings (SSSR count). The van der Waals surface area contributed by atoms with Crippen LogP contribution in [0.4, 0.5) is 15.2 Å². The second-order valence-corrected chi connectivity index (χ2v) is 7.80. The Kier molecular flexibility index (Phi) is 5.22. The Bertz CT molecular complexity index is 1190. The number of aryl methyl sites for hydroxylation is 1. The van der Waals surface area contributed by atoms with Crippen LogP contribution in [0.1, 0.15) is 15.9 Å². The van der Waals surface area contributed by atoms with E-state index in [4.69, 9.17) is 16.3 Å². The molecule has 0 N–H and O–H groups in total. The number of ether oxygens (including phenoxy) is 1. The molecule has 0 aliphatic rings. The summed E-state index contributed by atoms with van der Waals surface area (Å²) in [5.74, 6) is -0.262. The average Bonchev–Trinajstić information content (AvgIpc) is 3.12. The first kappa shape index (κ1) is 19.4. The van der Waals surface area contributed by atoms with Gasteiger partial charge in [-0.2, -0.15) is 0 Å². The number of rotatable bonds is 4. The second-order valence-electron chi connectivity index (χ2n) is 6.38. The van der Waals surface area contributed by atoms with Crippen molar-refractivity contribution in [3.8, 4) is 5.75 Å². The number of fused-ring (bicyclic) bond motifs is 1. The van der Waals surface area contributed by atoms with Crippen LogP contribution in [0.15, 0.2) is 60.7 Å². The van der Waals surface area contributed by atoms with Crippen LogP contribution in [0.25, 0.3) is 10.2 Å². The van der Waals surface area contributed by atoms with E-state index in [0.717, 1.165) is 21.8 Å². The Hall–Kier alpha value is -2.96. The highest BCUT2D eigenvalue weighted by Crippen LogP contribution is 2.37. The molecule has 29 heavy (non-hydrogen) atoms. The lowest BCUT2D eigenvalue weighted by Crippen LogP contribution is -2.26. The standard InChI is InChI=1S/C22H16ClFN2O2S/c1-13-7-9-15(12-19(13)28-2)26(21(27)16-10-8-14(24)11-17(16)23)22-25-18-5-3-4-6-20(18)29-22/h3-12H,1-2H3. The summed E-state index contributed by atoms with van der Waals surface area (Å²) in [6.45, 7) is 1.92.